The minimum Gasteiger partial charge on any atom is -0.391 e. The number of rotatable bonds is 6. The van der Waals surface area contributed by atoms with E-state index in [1.165, 1.54) is 75.6 Å². The van der Waals surface area contributed by atoms with Gasteiger partial charge < -0.3 is 16.0 Å². The summed E-state index contributed by atoms with van der Waals surface area (Å²) in [5, 5.41) is 10.1. The second kappa shape index (κ2) is 11.7. The van der Waals surface area contributed by atoms with E-state index in [1.54, 1.807) is 6.20 Å². The second-order valence-electron chi connectivity index (χ2n) is 9.30. The van der Waals surface area contributed by atoms with Crippen molar-refractivity contribution in [2.45, 2.75) is 70.8 Å². The van der Waals surface area contributed by atoms with Gasteiger partial charge in [0.15, 0.2) is 0 Å². The van der Waals surface area contributed by atoms with Crippen LogP contribution in [-0.2, 0) is 6.42 Å². The fourth-order valence-electron chi connectivity index (χ4n) is 4.65. The zero-order valence-electron chi connectivity index (χ0n) is 18.9. The van der Waals surface area contributed by atoms with E-state index in [1.807, 2.05) is 6.20 Å². The molecule has 2 aliphatic carbocycles. The van der Waals surface area contributed by atoms with Crippen LogP contribution in [-0.4, -0.2) is 30.7 Å². The Labute approximate surface area is 196 Å². The average Bonchev–Trinajstić information content (AvgIpc) is 3.22. The molecule has 3 aliphatic rings. The topological polar surface area (TPSA) is 49.0 Å². The highest BCUT2D eigenvalue weighted by Crippen LogP contribution is 2.35. The fraction of sp³-hybridized carbons (Fsp3) is 0.577. The van der Waals surface area contributed by atoms with Gasteiger partial charge in [0.2, 0.25) is 0 Å². The minimum atomic E-state index is 0.557. The Morgan fingerprint density at radius 3 is 2.74 bits per heavy atom. The Bertz CT molecular complexity index is 811. The van der Waals surface area contributed by atoms with Crippen LogP contribution in [0.3, 0.4) is 0 Å². The van der Waals surface area contributed by atoms with Crippen LogP contribution < -0.4 is 16.0 Å². The lowest BCUT2D eigenvalue weighted by molar-refractivity contribution is 0.212. The molecule has 0 unspecified atom stereocenters. The number of pyridine rings is 1. The number of piperidine rings is 1. The zero-order valence-corrected chi connectivity index (χ0v) is 20.5. The third kappa shape index (κ3) is 6.85. The van der Waals surface area contributed by atoms with E-state index < -0.39 is 0 Å². The maximum atomic E-state index is 5.48. The number of allylic oxidation sites excluding steroid dienone is 1. The van der Waals surface area contributed by atoms with Gasteiger partial charge in [0, 0.05) is 30.8 Å². The molecular weight excluding hydrogens is 448 g/mol. The lowest BCUT2D eigenvalue weighted by Crippen LogP contribution is -2.36. The molecule has 3 N–H and O–H groups in total. The molecule has 1 saturated heterocycles. The van der Waals surface area contributed by atoms with Gasteiger partial charge in [-0.1, -0.05) is 38.7 Å². The standard InChI is InChI=1S/C16H17BrN2.C10H20N2/c1-2-11-8-12-10-18-16(15(17)14(12)9-11)19-13-6-4-3-5-7-13;1-3-11-7-4-10(2)5-8-12-9-6-10/h1,9-10,13H,3-8H2,(H,18,19);3,11-12H,1,4-9H2,2H3. The van der Waals surface area contributed by atoms with Crippen molar-refractivity contribution in [2.75, 3.05) is 25.0 Å². The van der Waals surface area contributed by atoms with Crippen LogP contribution in [0.5, 0.6) is 0 Å². The molecule has 31 heavy (non-hydrogen) atoms. The summed E-state index contributed by atoms with van der Waals surface area (Å²) < 4.78 is 1.06. The molecule has 0 bridgehead atoms. The summed E-state index contributed by atoms with van der Waals surface area (Å²) >= 11 is 3.68. The van der Waals surface area contributed by atoms with Gasteiger partial charge in [-0.05, 0) is 89.9 Å². The van der Waals surface area contributed by atoms with E-state index in [-0.39, 0.29) is 0 Å². The van der Waals surface area contributed by atoms with Gasteiger partial charge in [-0.3, -0.25) is 0 Å². The molecule has 0 spiro atoms. The lowest BCUT2D eigenvalue weighted by Gasteiger charge is -2.34. The summed E-state index contributed by atoms with van der Waals surface area (Å²) in [6, 6.07) is 0.563. The smallest absolute Gasteiger partial charge is 0.141 e. The number of nitrogens with zero attached hydrogens (tertiary/aromatic N) is 1. The SMILES string of the molecule is C#CC1=Cc2c(cnc(NC3CCCCC3)c2Br)C1.C=CNCCC1(C)CCNCC1. The molecule has 1 saturated carbocycles. The Morgan fingerprint density at radius 2 is 2.06 bits per heavy atom. The summed E-state index contributed by atoms with van der Waals surface area (Å²) in [7, 11) is 0. The van der Waals surface area contributed by atoms with Crippen molar-refractivity contribution in [2.24, 2.45) is 5.41 Å². The number of hydrogen-bond acceptors (Lipinski definition) is 4. The molecule has 168 valence electrons. The molecule has 1 aliphatic heterocycles. The normalized spacial score (nSPS) is 19.8. The monoisotopic (exact) mass is 484 g/mol. The van der Waals surface area contributed by atoms with Crippen molar-refractivity contribution in [3.05, 3.63) is 40.1 Å². The number of hydrogen-bond donors (Lipinski definition) is 3. The summed E-state index contributed by atoms with van der Waals surface area (Å²) in [6.45, 7) is 9.47. The van der Waals surface area contributed by atoms with Gasteiger partial charge in [0.1, 0.15) is 5.82 Å². The molecule has 0 aromatic carbocycles. The number of nitrogens with one attached hydrogen (secondary N) is 3. The number of halogens is 1. The third-order valence-electron chi connectivity index (χ3n) is 6.80. The highest BCUT2D eigenvalue weighted by atomic mass is 79.9. The average molecular weight is 486 g/mol. The molecule has 0 amide bonds. The molecule has 5 heteroatoms. The van der Waals surface area contributed by atoms with Crippen molar-refractivity contribution < 1.29 is 0 Å². The van der Waals surface area contributed by atoms with E-state index in [4.69, 9.17) is 6.42 Å². The number of anilines is 1. The molecule has 1 aromatic heterocycles. The van der Waals surface area contributed by atoms with E-state index in [9.17, 15) is 0 Å². The van der Waals surface area contributed by atoms with Crippen LogP contribution in [0.2, 0.25) is 0 Å². The molecule has 0 atom stereocenters. The van der Waals surface area contributed by atoms with Crippen molar-refractivity contribution >= 4 is 27.8 Å². The van der Waals surface area contributed by atoms with E-state index in [0.29, 0.717) is 11.5 Å². The Hall–Kier alpha value is -1.77. The third-order valence-corrected chi connectivity index (χ3v) is 7.60. The maximum Gasteiger partial charge on any atom is 0.141 e. The quantitative estimate of drug-likeness (QED) is 0.360. The maximum absolute atomic E-state index is 5.48. The number of fused-ring (bicyclic) bond motifs is 1. The predicted octanol–water partition coefficient (Wildman–Crippen LogP) is 5.66. The van der Waals surface area contributed by atoms with Crippen molar-refractivity contribution in [1.82, 2.24) is 15.6 Å². The lowest BCUT2D eigenvalue weighted by atomic mass is 9.78. The van der Waals surface area contributed by atoms with Crippen molar-refractivity contribution in [1.29, 1.82) is 0 Å². The van der Waals surface area contributed by atoms with Gasteiger partial charge in [-0.2, -0.15) is 0 Å². The molecular formula is C26H37BrN4. The van der Waals surface area contributed by atoms with Gasteiger partial charge in [-0.15, -0.1) is 6.42 Å². The van der Waals surface area contributed by atoms with Gasteiger partial charge in [0.05, 0.1) is 4.47 Å². The van der Waals surface area contributed by atoms with Crippen molar-refractivity contribution in [3.63, 3.8) is 0 Å². The Kier molecular flexibility index (Phi) is 9.04. The van der Waals surface area contributed by atoms with Crippen LogP contribution in [0, 0.1) is 17.8 Å². The summed E-state index contributed by atoms with van der Waals surface area (Å²) in [5.41, 5.74) is 4.00. The van der Waals surface area contributed by atoms with Crippen molar-refractivity contribution in [3.8, 4) is 12.3 Å². The summed E-state index contributed by atoms with van der Waals surface area (Å²) in [6.07, 6.45) is 22.5. The first-order chi connectivity index (χ1) is 15.0. The molecule has 0 radical (unpaired) electrons. The first-order valence-electron chi connectivity index (χ1n) is 11.7. The van der Waals surface area contributed by atoms with Gasteiger partial charge in [-0.25, -0.2) is 4.98 Å². The number of aromatic nitrogens is 1. The van der Waals surface area contributed by atoms with E-state index >= 15 is 0 Å². The zero-order chi connectivity index (χ0) is 22.1. The van der Waals surface area contributed by atoms with Crippen LogP contribution in [0.1, 0.15) is 69.4 Å². The van der Waals surface area contributed by atoms with Crippen LogP contribution in [0.15, 0.2) is 29.0 Å². The molecule has 2 fully saturated rings. The first kappa shape index (κ1) is 23.9. The van der Waals surface area contributed by atoms with Gasteiger partial charge in [0.25, 0.3) is 0 Å². The highest BCUT2D eigenvalue weighted by Gasteiger charge is 2.25. The summed E-state index contributed by atoms with van der Waals surface area (Å²) in [4.78, 5) is 4.55. The van der Waals surface area contributed by atoms with E-state index in [2.05, 4.69) is 62.4 Å². The molecule has 4 nitrogen and oxygen atoms in total. The second-order valence-corrected chi connectivity index (χ2v) is 10.1. The largest absolute Gasteiger partial charge is 0.391 e. The van der Waals surface area contributed by atoms with E-state index in [0.717, 1.165) is 28.8 Å². The first-order valence-corrected chi connectivity index (χ1v) is 12.5. The summed E-state index contributed by atoms with van der Waals surface area (Å²) in [5.74, 6) is 3.69. The van der Waals surface area contributed by atoms with Crippen LogP contribution >= 0.6 is 15.9 Å². The Morgan fingerprint density at radius 1 is 1.32 bits per heavy atom. The minimum absolute atomic E-state index is 0.557. The molecule has 1 aromatic rings. The van der Waals surface area contributed by atoms with Crippen LogP contribution in [0.25, 0.3) is 6.08 Å². The molecule has 4 rings (SSSR count). The van der Waals surface area contributed by atoms with Gasteiger partial charge >= 0.3 is 0 Å². The number of terminal acetylenes is 1. The Balaban J connectivity index is 0.000000196. The highest BCUT2D eigenvalue weighted by molar-refractivity contribution is 9.10. The van der Waals surface area contributed by atoms with Crippen LogP contribution in [0.4, 0.5) is 5.82 Å². The molecule has 2 heterocycles. The predicted molar refractivity (Wildman–Crippen MR) is 136 cm³/mol. The fourth-order valence-corrected chi connectivity index (χ4v) is 5.24.